The van der Waals surface area contributed by atoms with Crippen molar-refractivity contribution in [1.82, 2.24) is 25.0 Å². The Balaban J connectivity index is 1.76. The topological polar surface area (TPSA) is 106 Å². The average molecular weight is 310 g/mol. The first-order valence-corrected chi connectivity index (χ1v) is 6.94. The van der Waals surface area contributed by atoms with Crippen LogP contribution in [0.4, 0.5) is 5.95 Å². The fraction of sp³-hybridized carbons (Fsp3) is 0.133. The van der Waals surface area contributed by atoms with Crippen LogP contribution in [0.2, 0.25) is 0 Å². The third-order valence-corrected chi connectivity index (χ3v) is 3.20. The average Bonchev–Trinajstić information content (AvgIpc) is 3.06. The molecule has 8 nitrogen and oxygen atoms in total. The molecule has 0 radical (unpaired) electrons. The zero-order chi connectivity index (χ0) is 16.2. The molecule has 0 bridgehead atoms. The highest BCUT2D eigenvalue weighted by Gasteiger charge is 2.13. The summed E-state index contributed by atoms with van der Waals surface area (Å²) in [7, 11) is 0. The Morgan fingerprint density at radius 3 is 2.78 bits per heavy atom. The molecule has 1 atom stereocenters. The molecule has 3 rings (SSSR count). The lowest BCUT2D eigenvalue weighted by Gasteiger charge is -2.10. The number of aromatic carboxylic acids is 1. The SMILES string of the molecule is CC(Nc1nccc(C(=O)O)n1)c1cn(-c2ccccc2)nn1. The van der Waals surface area contributed by atoms with Gasteiger partial charge in [0.15, 0.2) is 5.69 Å². The molecule has 0 spiro atoms. The second-order valence-electron chi connectivity index (χ2n) is 4.86. The summed E-state index contributed by atoms with van der Waals surface area (Å²) in [6, 6.07) is 10.7. The van der Waals surface area contributed by atoms with Crippen LogP contribution in [0.5, 0.6) is 0 Å². The molecule has 8 heteroatoms. The maximum absolute atomic E-state index is 10.9. The predicted molar refractivity (Wildman–Crippen MR) is 82.4 cm³/mol. The summed E-state index contributed by atoms with van der Waals surface area (Å²) in [6.45, 7) is 1.87. The molecule has 2 aromatic heterocycles. The molecule has 0 saturated carbocycles. The van der Waals surface area contributed by atoms with E-state index in [-0.39, 0.29) is 17.7 Å². The normalized spacial score (nSPS) is 11.9. The molecule has 116 valence electrons. The Labute approximate surface area is 131 Å². The van der Waals surface area contributed by atoms with Crippen molar-refractivity contribution in [1.29, 1.82) is 0 Å². The van der Waals surface area contributed by atoms with E-state index in [1.165, 1.54) is 12.3 Å². The molecule has 0 aliphatic heterocycles. The lowest BCUT2D eigenvalue weighted by Crippen LogP contribution is -2.12. The second kappa shape index (κ2) is 6.22. The smallest absolute Gasteiger partial charge is 0.354 e. The molecular formula is C15H14N6O2. The van der Waals surface area contributed by atoms with E-state index in [0.29, 0.717) is 5.69 Å². The standard InChI is InChI=1S/C15H14N6O2/c1-10(17-15-16-8-7-12(18-15)14(22)23)13-9-21(20-19-13)11-5-3-2-4-6-11/h2-10H,1H3,(H,22,23)(H,16,17,18). The highest BCUT2D eigenvalue weighted by molar-refractivity contribution is 5.85. The summed E-state index contributed by atoms with van der Waals surface area (Å²) in [5.74, 6) is -0.871. The van der Waals surface area contributed by atoms with Gasteiger partial charge in [-0.15, -0.1) is 5.10 Å². The molecule has 1 aromatic carbocycles. The summed E-state index contributed by atoms with van der Waals surface area (Å²) >= 11 is 0. The zero-order valence-corrected chi connectivity index (χ0v) is 12.3. The van der Waals surface area contributed by atoms with Gasteiger partial charge in [0.1, 0.15) is 5.69 Å². The number of carbonyl (C=O) groups is 1. The van der Waals surface area contributed by atoms with Crippen LogP contribution >= 0.6 is 0 Å². The number of anilines is 1. The van der Waals surface area contributed by atoms with Crippen molar-refractivity contribution in [3.05, 3.63) is 60.2 Å². The molecular weight excluding hydrogens is 296 g/mol. The number of para-hydroxylation sites is 1. The summed E-state index contributed by atoms with van der Waals surface area (Å²) in [6.07, 6.45) is 3.19. The van der Waals surface area contributed by atoms with Crippen LogP contribution in [0.3, 0.4) is 0 Å². The first-order valence-electron chi connectivity index (χ1n) is 6.94. The third-order valence-electron chi connectivity index (χ3n) is 3.20. The maximum atomic E-state index is 10.9. The summed E-state index contributed by atoms with van der Waals surface area (Å²) in [5.41, 5.74) is 1.53. The van der Waals surface area contributed by atoms with Gasteiger partial charge in [0, 0.05) is 6.20 Å². The lowest BCUT2D eigenvalue weighted by molar-refractivity contribution is 0.0690. The van der Waals surface area contributed by atoms with Crippen molar-refractivity contribution in [2.75, 3.05) is 5.32 Å². The van der Waals surface area contributed by atoms with Crippen LogP contribution in [0.25, 0.3) is 5.69 Å². The molecule has 0 aliphatic carbocycles. The monoisotopic (exact) mass is 310 g/mol. The van der Waals surface area contributed by atoms with E-state index in [1.807, 2.05) is 37.3 Å². The van der Waals surface area contributed by atoms with E-state index in [2.05, 4.69) is 25.6 Å². The van der Waals surface area contributed by atoms with Crippen LogP contribution in [0.1, 0.15) is 29.1 Å². The molecule has 3 aromatic rings. The first kappa shape index (κ1) is 14.6. The van der Waals surface area contributed by atoms with Gasteiger partial charge in [0.25, 0.3) is 0 Å². The molecule has 0 amide bonds. The number of benzene rings is 1. The van der Waals surface area contributed by atoms with Gasteiger partial charge < -0.3 is 10.4 Å². The number of carboxylic acid groups (broad SMARTS) is 1. The van der Waals surface area contributed by atoms with Gasteiger partial charge in [-0.3, -0.25) is 0 Å². The van der Waals surface area contributed by atoms with Crippen molar-refractivity contribution in [3.8, 4) is 5.69 Å². The lowest BCUT2D eigenvalue weighted by atomic mass is 10.2. The fourth-order valence-electron chi connectivity index (χ4n) is 2.00. The molecule has 23 heavy (non-hydrogen) atoms. The van der Waals surface area contributed by atoms with Crippen LogP contribution in [0.15, 0.2) is 48.8 Å². The van der Waals surface area contributed by atoms with E-state index in [4.69, 9.17) is 5.11 Å². The van der Waals surface area contributed by atoms with Crippen molar-refractivity contribution >= 4 is 11.9 Å². The third kappa shape index (κ3) is 3.31. The van der Waals surface area contributed by atoms with E-state index in [9.17, 15) is 4.79 Å². The minimum atomic E-state index is -1.10. The van der Waals surface area contributed by atoms with Gasteiger partial charge in [0.2, 0.25) is 5.95 Å². The number of nitrogens with zero attached hydrogens (tertiary/aromatic N) is 5. The number of rotatable bonds is 5. The Kier molecular flexibility index (Phi) is 3.96. The fourth-order valence-corrected chi connectivity index (χ4v) is 2.00. The quantitative estimate of drug-likeness (QED) is 0.741. The first-order chi connectivity index (χ1) is 11.1. The van der Waals surface area contributed by atoms with Crippen LogP contribution < -0.4 is 5.32 Å². The zero-order valence-electron chi connectivity index (χ0n) is 12.3. The minimum absolute atomic E-state index is 0.0670. The van der Waals surface area contributed by atoms with Crippen LogP contribution in [-0.4, -0.2) is 36.0 Å². The van der Waals surface area contributed by atoms with E-state index in [0.717, 1.165) is 5.69 Å². The van der Waals surface area contributed by atoms with Gasteiger partial charge in [0.05, 0.1) is 17.9 Å². The highest BCUT2D eigenvalue weighted by Crippen LogP contribution is 2.15. The number of aromatic nitrogens is 5. The van der Waals surface area contributed by atoms with Crippen molar-refractivity contribution < 1.29 is 9.90 Å². The van der Waals surface area contributed by atoms with Gasteiger partial charge in [-0.05, 0) is 25.1 Å². The number of hydrogen-bond acceptors (Lipinski definition) is 6. The number of carboxylic acids is 1. The van der Waals surface area contributed by atoms with Gasteiger partial charge in [-0.25, -0.2) is 19.4 Å². The summed E-state index contributed by atoms with van der Waals surface area (Å²) in [5, 5.41) is 20.2. The molecule has 1 unspecified atom stereocenters. The van der Waals surface area contributed by atoms with E-state index >= 15 is 0 Å². The molecule has 2 N–H and O–H groups in total. The van der Waals surface area contributed by atoms with Crippen LogP contribution in [0, 0.1) is 0 Å². The number of nitrogens with one attached hydrogen (secondary N) is 1. The Bertz CT molecular complexity index is 818. The van der Waals surface area contributed by atoms with Crippen molar-refractivity contribution in [3.63, 3.8) is 0 Å². The maximum Gasteiger partial charge on any atom is 0.354 e. The van der Waals surface area contributed by atoms with Gasteiger partial charge in [-0.1, -0.05) is 23.4 Å². The van der Waals surface area contributed by atoms with E-state index in [1.54, 1.807) is 10.9 Å². The Morgan fingerprint density at radius 1 is 1.26 bits per heavy atom. The highest BCUT2D eigenvalue weighted by atomic mass is 16.4. The Hall–Kier alpha value is -3.29. The van der Waals surface area contributed by atoms with E-state index < -0.39 is 5.97 Å². The molecule has 0 aliphatic rings. The molecule has 0 saturated heterocycles. The van der Waals surface area contributed by atoms with Crippen LogP contribution in [-0.2, 0) is 0 Å². The van der Waals surface area contributed by atoms with Crippen molar-refractivity contribution in [2.45, 2.75) is 13.0 Å². The Morgan fingerprint density at radius 2 is 2.04 bits per heavy atom. The van der Waals surface area contributed by atoms with Gasteiger partial charge in [-0.2, -0.15) is 0 Å². The largest absolute Gasteiger partial charge is 0.477 e. The summed E-state index contributed by atoms with van der Waals surface area (Å²) < 4.78 is 1.67. The second-order valence-corrected chi connectivity index (χ2v) is 4.86. The van der Waals surface area contributed by atoms with Gasteiger partial charge >= 0.3 is 5.97 Å². The minimum Gasteiger partial charge on any atom is -0.477 e. The van der Waals surface area contributed by atoms with Crippen molar-refractivity contribution in [2.24, 2.45) is 0 Å². The summed E-state index contributed by atoms with van der Waals surface area (Å²) in [4.78, 5) is 18.9. The molecule has 0 fully saturated rings. The molecule has 2 heterocycles. The predicted octanol–water partition coefficient (Wildman–Crippen LogP) is 1.93. The number of hydrogen-bond donors (Lipinski definition) is 2.